The van der Waals surface area contributed by atoms with Gasteiger partial charge in [-0.15, -0.1) is 0 Å². The zero-order chi connectivity index (χ0) is 39.9. The van der Waals surface area contributed by atoms with Crippen LogP contribution in [0.5, 0.6) is 0 Å². The van der Waals surface area contributed by atoms with E-state index in [0.717, 1.165) is 69.0 Å². The molecule has 0 heterocycles. The molecule has 8 aromatic rings. The fourth-order valence-electron chi connectivity index (χ4n) is 8.10. The summed E-state index contributed by atoms with van der Waals surface area (Å²) < 4.78 is 0. The lowest BCUT2D eigenvalue weighted by atomic mass is 9.90. The summed E-state index contributed by atoms with van der Waals surface area (Å²) in [5.74, 6) is 0. The molecule has 1 atom stereocenters. The van der Waals surface area contributed by atoms with Crippen LogP contribution in [-0.4, -0.2) is 5.54 Å². The Balaban J connectivity index is 1.13. The molecule has 8 aromatic carbocycles. The second-order valence-corrected chi connectivity index (χ2v) is 14.9. The highest BCUT2D eigenvalue weighted by Gasteiger charge is 2.31. The Morgan fingerprint density at radius 2 is 0.525 bits per heavy atom. The zero-order valence-corrected chi connectivity index (χ0v) is 33.2. The standard InChI is InChI=1S/C55H46N4/c1-55(42-18-7-19-43-55)59(53-28-16-6-17-29-53)54-40-38-52(39-41-54)58(50-34-30-48(31-35-50)56(44-20-8-2-9-21-44)45-22-10-3-11-23-45)51-36-32-49(33-37-51)57(46-24-12-4-13-25-46)47-26-14-5-15-27-47/h2-42H,43H2,1H3. The molecule has 0 saturated heterocycles. The molecule has 286 valence electrons. The van der Waals surface area contributed by atoms with E-state index in [9.17, 15) is 0 Å². The average molecular weight is 763 g/mol. The molecule has 9 rings (SSSR count). The summed E-state index contributed by atoms with van der Waals surface area (Å²) in [6.07, 6.45) is 9.78. The minimum absolute atomic E-state index is 0.213. The van der Waals surface area contributed by atoms with Gasteiger partial charge in [-0.25, -0.2) is 0 Å². The second kappa shape index (κ2) is 16.9. The van der Waals surface area contributed by atoms with Crippen LogP contribution >= 0.6 is 0 Å². The highest BCUT2D eigenvalue weighted by atomic mass is 15.2. The molecular weight excluding hydrogens is 717 g/mol. The van der Waals surface area contributed by atoms with E-state index in [1.807, 2.05) is 0 Å². The third-order valence-electron chi connectivity index (χ3n) is 10.9. The maximum absolute atomic E-state index is 2.45. The number of allylic oxidation sites excluding steroid dienone is 2. The quantitative estimate of drug-likeness (QED) is 0.123. The normalized spacial score (nSPS) is 14.4. The molecule has 0 bridgehead atoms. The first-order chi connectivity index (χ1) is 29.1. The van der Waals surface area contributed by atoms with Gasteiger partial charge in [0, 0.05) is 62.6 Å². The minimum atomic E-state index is -0.213. The number of hydrogen-bond acceptors (Lipinski definition) is 4. The Labute approximate surface area is 348 Å². The summed E-state index contributed by atoms with van der Waals surface area (Å²) in [6, 6.07) is 79.7. The summed E-state index contributed by atoms with van der Waals surface area (Å²) in [7, 11) is 0. The molecular formula is C55H46N4. The first kappa shape index (κ1) is 37.0. The van der Waals surface area contributed by atoms with Gasteiger partial charge in [0.05, 0.1) is 5.54 Å². The van der Waals surface area contributed by atoms with Gasteiger partial charge in [-0.05, 0) is 147 Å². The van der Waals surface area contributed by atoms with Crippen molar-refractivity contribution in [2.24, 2.45) is 0 Å². The second-order valence-electron chi connectivity index (χ2n) is 14.9. The maximum Gasteiger partial charge on any atom is 0.0642 e. The van der Waals surface area contributed by atoms with Gasteiger partial charge in [-0.1, -0.05) is 115 Å². The van der Waals surface area contributed by atoms with E-state index < -0.39 is 0 Å². The van der Waals surface area contributed by atoms with Crippen LogP contribution in [0.2, 0.25) is 0 Å². The lowest BCUT2D eigenvalue weighted by Gasteiger charge is -2.42. The van der Waals surface area contributed by atoms with Crippen LogP contribution in [0.3, 0.4) is 0 Å². The molecule has 0 fully saturated rings. The summed E-state index contributed by atoms with van der Waals surface area (Å²) in [4.78, 5) is 9.40. The summed E-state index contributed by atoms with van der Waals surface area (Å²) in [6.45, 7) is 2.31. The predicted molar refractivity (Wildman–Crippen MR) is 250 cm³/mol. The van der Waals surface area contributed by atoms with Crippen molar-refractivity contribution in [2.45, 2.75) is 18.9 Å². The van der Waals surface area contributed by atoms with Crippen LogP contribution in [0.4, 0.5) is 62.6 Å². The SMILES string of the molecule is CC1(N(c2ccccc2)c2ccc(N(c3ccc(N(c4ccccc4)c4ccccc4)cc3)c3ccc(N(c4ccccc4)c4ccccc4)cc3)cc2)C=CC=CC1. The number of rotatable bonds is 12. The summed E-state index contributed by atoms with van der Waals surface area (Å²) >= 11 is 0. The van der Waals surface area contributed by atoms with Gasteiger partial charge in [-0.3, -0.25) is 0 Å². The monoisotopic (exact) mass is 762 g/mol. The molecule has 0 amide bonds. The number of para-hydroxylation sites is 5. The fourth-order valence-corrected chi connectivity index (χ4v) is 8.10. The molecule has 0 saturated carbocycles. The lowest BCUT2D eigenvalue weighted by Crippen LogP contribution is -2.42. The van der Waals surface area contributed by atoms with Crippen molar-refractivity contribution in [3.63, 3.8) is 0 Å². The Hall–Kier alpha value is -7.56. The molecule has 59 heavy (non-hydrogen) atoms. The van der Waals surface area contributed by atoms with E-state index >= 15 is 0 Å². The van der Waals surface area contributed by atoms with Crippen molar-refractivity contribution in [3.05, 3.63) is 249 Å². The van der Waals surface area contributed by atoms with Gasteiger partial charge in [0.2, 0.25) is 0 Å². The Morgan fingerprint density at radius 1 is 0.288 bits per heavy atom. The minimum Gasteiger partial charge on any atom is -0.332 e. The number of nitrogens with zero attached hydrogens (tertiary/aromatic N) is 4. The maximum atomic E-state index is 2.45. The highest BCUT2D eigenvalue weighted by Crippen LogP contribution is 2.43. The molecule has 4 heteroatoms. The summed E-state index contributed by atoms with van der Waals surface area (Å²) in [5.41, 5.74) is 11.9. The number of benzene rings is 8. The van der Waals surface area contributed by atoms with E-state index in [1.165, 1.54) is 0 Å². The van der Waals surface area contributed by atoms with Crippen molar-refractivity contribution in [1.82, 2.24) is 0 Å². The molecule has 1 aliphatic rings. The van der Waals surface area contributed by atoms with Gasteiger partial charge in [0.1, 0.15) is 0 Å². The highest BCUT2D eigenvalue weighted by molar-refractivity contribution is 5.84. The van der Waals surface area contributed by atoms with Crippen molar-refractivity contribution < 1.29 is 0 Å². The molecule has 0 aromatic heterocycles. The van der Waals surface area contributed by atoms with Crippen molar-refractivity contribution >= 4 is 62.6 Å². The number of anilines is 11. The fraction of sp³-hybridized carbons (Fsp3) is 0.0545. The topological polar surface area (TPSA) is 13.0 Å². The van der Waals surface area contributed by atoms with Gasteiger partial charge < -0.3 is 19.6 Å². The van der Waals surface area contributed by atoms with Crippen molar-refractivity contribution in [3.8, 4) is 0 Å². The van der Waals surface area contributed by atoms with Crippen molar-refractivity contribution in [1.29, 1.82) is 0 Å². The van der Waals surface area contributed by atoms with Crippen LogP contribution in [0.15, 0.2) is 249 Å². The van der Waals surface area contributed by atoms with Crippen LogP contribution in [-0.2, 0) is 0 Å². The largest absolute Gasteiger partial charge is 0.332 e. The van der Waals surface area contributed by atoms with Gasteiger partial charge >= 0.3 is 0 Å². The Bertz CT molecular complexity index is 2400. The molecule has 0 radical (unpaired) electrons. The molecule has 4 nitrogen and oxygen atoms in total. The van der Waals surface area contributed by atoms with Crippen LogP contribution in [0.1, 0.15) is 13.3 Å². The predicted octanol–water partition coefficient (Wildman–Crippen LogP) is 15.5. The molecule has 1 unspecified atom stereocenters. The van der Waals surface area contributed by atoms with Crippen LogP contribution in [0, 0.1) is 0 Å². The molecule has 0 spiro atoms. The van der Waals surface area contributed by atoms with Gasteiger partial charge in [0.25, 0.3) is 0 Å². The zero-order valence-electron chi connectivity index (χ0n) is 33.2. The van der Waals surface area contributed by atoms with Crippen LogP contribution < -0.4 is 19.6 Å². The molecule has 0 aliphatic heterocycles. The van der Waals surface area contributed by atoms with E-state index in [0.29, 0.717) is 0 Å². The van der Waals surface area contributed by atoms with Gasteiger partial charge in [0.15, 0.2) is 0 Å². The average Bonchev–Trinajstić information content (AvgIpc) is 3.30. The van der Waals surface area contributed by atoms with Crippen molar-refractivity contribution in [2.75, 3.05) is 19.6 Å². The third-order valence-corrected chi connectivity index (χ3v) is 10.9. The number of hydrogen-bond donors (Lipinski definition) is 0. The lowest BCUT2D eigenvalue weighted by molar-refractivity contribution is 0.570. The van der Waals surface area contributed by atoms with E-state index in [4.69, 9.17) is 0 Å². The Morgan fingerprint density at radius 3 is 0.797 bits per heavy atom. The molecule has 0 N–H and O–H groups in total. The smallest absolute Gasteiger partial charge is 0.0642 e. The molecule has 1 aliphatic carbocycles. The Kier molecular flexibility index (Phi) is 10.6. The first-order valence-corrected chi connectivity index (χ1v) is 20.3. The van der Waals surface area contributed by atoms with E-state index in [2.05, 4.69) is 275 Å². The summed E-state index contributed by atoms with van der Waals surface area (Å²) in [5, 5.41) is 0. The van der Waals surface area contributed by atoms with Gasteiger partial charge in [-0.2, -0.15) is 0 Å². The third kappa shape index (κ3) is 7.89. The van der Waals surface area contributed by atoms with E-state index in [-0.39, 0.29) is 5.54 Å². The van der Waals surface area contributed by atoms with Crippen LogP contribution in [0.25, 0.3) is 0 Å². The van der Waals surface area contributed by atoms with E-state index in [1.54, 1.807) is 0 Å². The first-order valence-electron chi connectivity index (χ1n) is 20.3.